The van der Waals surface area contributed by atoms with Crippen molar-refractivity contribution in [1.82, 2.24) is 19.4 Å². The first-order valence-electron chi connectivity index (χ1n) is 17.2. The number of anilines is 2. The summed E-state index contributed by atoms with van der Waals surface area (Å²) in [6.07, 6.45) is 9.21. The van der Waals surface area contributed by atoms with E-state index >= 15 is 0 Å². The number of nitrogens with two attached hydrogens (primary N) is 1. The fourth-order valence-electron chi connectivity index (χ4n) is 7.38. The lowest BCUT2D eigenvalue weighted by Gasteiger charge is -2.31. The molecule has 6 rings (SSSR count). The van der Waals surface area contributed by atoms with Crippen molar-refractivity contribution in [1.29, 1.82) is 0 Å². The highest BCUT2D eigenvalue weighted by molar-refractivity contribution is 6.04. The van der Waals surface area contributed by atoms with Crippen molar-refractivity contribution in [3.05, 3.63) is 53.6 Å². The number of rotatable bonds is 12. The number of nitrogens with one attached hydrogen (secondary N) is 1. The minimum absolute atomic E-state index is 0.107. The molecule has 0 bridgehead atoms. The van der Waals surface area contributed by atoms with Crippen LogP contribution in [0.15, 0.2) is 42.5 Å². The Labute approximate surface area is 276 Å². The van der Waals surface area contributed by atoms with E-state index in [0.29, 0.717) is 62.0 Å². The fraction of sp³-hybridized carbons (Fsp3) is 0.528. The molecule has 3 N–H and O–H groups in total. The summed E-state index contributed by atoms with van der Waals surface area (Å²) in [7, 11) is 1.82. The summed E-state index contributed by atoms with van der Waals surface area (Å²) in [5.41, 5.74) is 9.46. The van der Waals surface area contributed by atoms with Gasteiger partial charge in [-0.05, 0) is 86.9 Å². The summed E-state index contributed by atoms with van der Waals surface area (Å²) in [6.45, 7) is 4.29. The van der Waals surface area contributed by atoms with Gasteiger partial charge in [-0.15, -0.1) is 0 Å². The summed E-state index contributed by atoms with van der Waals surface area (Å²) in [5.74, 6) is 0.580. The molecular formula is C36H47N7O4. The number of nitrogens with zero attached hydrogens (tertiary/aromatic N) is 5. The molecule has 11 nitrogen and oxygen atoms in total. The molecular weight excluding hydrogens is 594 g/mol. The number of likely N-dealkylation sites (tertiary alicyclic amines) is 2. The molecule has 3 aliphatic rings. The second-order valence-electron chi connectivity index (χ2n) is 13.5. The van der Waals surface area contributed by atoms with Crippen molar-refractivity contribution in [3.8, 4) is 0 Å². The highest BCUT2D eigenvalue weighted by Gasteiger charge is 2.25. The van der Waals surface area contributed by atoms with Crippen LogP contribution < -0.4 is 16.0 Å². The molecule has 11 heteroatoms. The smallest absolute Gasteiger partial charge is 0.257 e. The SMILES string of the molecule is CN(C(=O)CC1CCCC1)c1ccc2c(c1)nc(NC(=O)c1ccc(CN3CCCC(C(N)=O)C3)cc1)n2CCCN1CCCC1=O. The second-order valence-corrected chi connectivity index (χ2v) is 13.5. The predicted octanol–water partition coefficient (Wildman–Crippen LogP) is 4.54. The second kappa shape index (κ2) is 14.7. The van der Waals surface area contributed by atoms with E-state index in [2.05, 4.69) is 10.2 Å². The van der Waals surface area contributed by atoms with Crippen LogP contribution in [0, 0.1) is 11.8 Å². The van der Waals surface area contributed by atoms with E-state index in [1.807, 2.05) is 59.0 Å². The first-order chi connectivity index (χ1) is 22.7. The molecule has 0 spiro atoms. The van der Waals surface area contributed by atoms with Gasteiger partial charge in [0.2, 0.25) is 23.7 Å². The number of hydrogen-bond donors (Lipinski definition) is 2. The van der Waals surface area contributed by atoms with Gasteiger partial charge in [-0.2, -0.15) is 0 Å². The van der Waals surface area contributed by atoms with Gasteiger partial charge in [-0.3, -0.25) is 29.4 Å². The zero-order valence-electron chi connectivity index (χ0n) is 27.5. The van der Waals surface area contributed by atoms with Gasteiger partial charge in [-0.1, -0.05) is 25.0 Å². The number of amides is 4. The van der Waals surface area contributed by atoms with E-state index in [9.17, 15) is 19.2 Å². The number of aromatic nitrogens is 2. The molecule has 2 saturated heterocycles. The van der Waals surface area contributed by atoms with E-state index in [-0.39, 0.29) is 29.5 Å². The normalized spacial score (nSPS) is 19.0. The Morgan fingerprint density at radius 1 is 0.979 bits per heavy atom. The monoisotopic (exact) mass is 641 g/mol. The lowest BCUT2D eigenvalue weighted by Crippen LogP contribution is -2.40. The van der Waals surface area contributed by atoms with Gasteiger partial charge >= 0.3 is 0 Å². The molecule has 3 fully saturated rings. The molecule has 47 heavy (non-hydrogen) atoms. The van der Waals surface area contributed by atoms with Crippen LogP contribution in [0.25, 0.3) is 11.0 Å². The van der Waals surface area contributed by atoms with Crippen LogP contribution in [0.1, 0.15) is 80.1 Å². The predicted molar refractivity (Wildman–Crippen MR) is 182 cm³/mol. The zero-order chi connectivity index (χ0) is 32.9. The Kier molecular flexibility index (Phi) is 10.2. The van der Waals surface area contributed by atoms with Gasteiger partial charge in [0, 0.05) is 63.9 Å². The highest BCUT2D eigenvalue weighted by Crippen LogP contribution is 2.30. The van der Waals surface area contributed by atoms with E-state index < -0.39 is 0 Å². The third-order valence-corrected chi connectivity index (χ3v) is 10.2. The number of piperidine rings is 1. The van der Waals surface area contributed by atoms with E-state index in [0.717, 1.165) is 68.4 Å². The average molecular weight is 642 g/mol. The molecule has 3 heterocycles. The van der Waals surface area contributed by atoms with E-state index in [1.54, 1.807) is 4.90 Å². The van der Waals surface area contributed by atoms with Crippen molar-refractivity contribution in [2.45, 2.75) is 77.3 Å². The Morgan fingerprint density at radius 2 is 1.77 bits per heavy atom. The molecule has 0 radical (unpaired) electrons. The molecule has 4 amide bonds. The number of aryl methyl sites for hydroxylation is 1. The third-order valence-electron chi connectivity index (χ3n) is 10.2. The quantitative estimate of drug-likeness (QED) is 0.298. The maximum Gasteiger partial charge on any atom is 0.257 e. The molecule has 1 saturated carbocycles. The summed E-state index contributed by atoms with van der Waals surface area (Å²) in [5, 5.41) is 3.03. The van der Waals surface area contributed by atoms with Crippen molar-refractivity contribution in [2.75, 3.05) is 43.4 Å². The van der Waals surface area contributed by atoms with Crippen molar-refractivity contribution >= 4 is 46.3 Å². The molecule has 1 aliphatic carbocycles. The van der Waals surface area contributed by atoms with E-state index in [1.165, 1.54) is 12.8 Å². The Bertz CT molecular complexity index is 1610. The fourth-order valence-corrected chi connectivity index (χ4v) is 7.38. The summed E-state index contributed by atoms with van der Waals surface area (Å²) in [4.78, 5) is 61.1. The van der Waals surface area contributed by atoms with Gasteiger partial charge in [0.25, 0.3) is 5.91 Å². The molecule has 1 aromatic heterocycles. The molecule has 2 aliphatic heterocycles. The molecule has 3 aromatic rings. The van der Waals surface area contributed by atoms with Crippen LogP contribution in [-0.2, 0) is 27.5 Å². The number of carbonyl (C=O) groups excluding carboxylic acids is 4. The van der Waals surface area contributed by atoms with Gasteiger partial charge in [-0.25, -0.2) is 4.98 Å². The standard InChI is InChI=1S/C36H47N7O4/c1-40(33(45)21-25-7-2-3-8-25)29-15-16-31-30(22-29)38-36(43(31)20-6-19-42-18-5-10-32(42)44)39-35(47)27-13-11-26(12-14-27)23-41-17-4-9-28(24-41)34(37)46/h11-16,22,25,28H,2-10,17-21,23-24H2,1H3,(H2,37,46)(H,38,39,47). The Balaban J connectivity index is 1.17. The van der Waals surface area contributed by atoms with Crippen molar-refractivity contribution in [2.24, 2.45) is 17.6 Å². The van der Waals surface area contributed by atoms with E-state index in [4.69, 9.17) is 10.7 Å². The average Bonchev–Trinajstić information content (AvgIpc) is 3.81. The molecule has 1 unspecified atom stereocenters. The number of primary amides is 1. The summed E-state index contributed by atoms with van der Waals surface area (Å²) in [6, 6.07) is 13.3. The lowest BCUT2D eigenvalue weighted by atomic mass is 9.97. The number of fused-ring (bicyclic) bond motifs is 1. The van der Waals surface area contributed by atoms with Crippen LogP contribution in [0.5, 0.6) is 0 Å². The van der Waals surface area contributed by atoms with Gasteiger partial charge in [0.15, 0.2) is 0 Å². The first kappa shape index (κ1) is 32.7. The lowest BCUT2D eigenvalue weighted by molar-refractivity contribution is -0.127. The van der Waals surface area contributed by atoms with Gasteiger partial charge < -0.3 is 20.1 Å². The van der Waals surface area contributed by atoms with Crippen molar-refractivity contribution < 1.29 is 19.2 Å². The molecule has 2 aromatic carbocycles. The number of carbonyl (C=O) groups is 4. The Morgan fingerprint density at radius 3 is 2.49 bits per heavy atom. The van der Waals surface area contributed by atoms with Crippen LogP contribution in [-0.4, -0.2) is 76.2 Å². The maximum atomic E-state index is 13.5. The van der Waals surface area contributed by atoms with Crippen molar-refractivity contribution in [3.63, 3.8) is 0 Å². The zero-order valence-corrected chi connectivity index (χ0v) is 27.5. The van der Waals surface area contributed by atoms with Crippen LogP contribution >= 0.6 is 0 Å². The number of benzene rings is 2. The molecule has 250 valence electrons. The third kappa shape index (κ3) is 7.84. The highest BCUT2D eigenvalue weighted by atomic mass is 16.2. The van der Waals surface area contributed by atoms with Gasteiger partial charge in [0.05, 0.1) is 17.0 Å². The van der Waals surface area contributed by atoms with Crippen LogP contribution in [0.4, 0.5) is 11.6 Å². The minimum Gasteiger partial charge on any atom is -0.369 e. The van der Waals surface area contributed by atoms with Crippen LogP contribution in [0.2, 0.25) is 0 Å². The van der Waals surface area contributed by atoms with Crippen LogP contribution in [0.3, 0.4) is 0 Å². The van der Waals surface area contributed by atoms with Gasteiger partial charge in [0.1, 0.15) is 0 Å². The number of hydrogen-bond acceptors (Lipinski definition) is 6. The number of imidazole rings is 1. The minimum atomic E-state index is -0.265. The molecule has 1 atom stereocenters. The summed E-state index contributed by atoms with van der Waals surface area (Å²) >= 11 is 0. The first-order valence-corrected chi connectivity index (χ1v) is 17.2. The Hall–Kier alpha value is -4.25. The maximum absolute atomic E-state index is 13.5. The largest absolute Gasteiger partial charge is 0.369 e. The summed E-state index contributed by atoms with van der Waals surface area (Å²) < 4.78 is 2.00. The topological polar surface area (TPSA) is 134 Å².